The monoisotopic (exact) mass is 259 g/mol. The van der Waals surface area contributed by atoms with Crippen molar-refractivity contribution in [3.8, 4) is 0 Å². The summed E-state index contributed by atoms with van der Waals surface area (Å²) in [7, 11) is 0. The van der Waals surface area contributed by atoms with Gasteiger partial charge in [-0.3, -0.25) is 9.59 Å². The fraction of sp³-hybridized carbons (Fsp3) is 0.333. The number of nitrogens with zero attached hydrogens (tertiary/aromatic N) is 1. The van der Waals surface area contributed by atoms with Gasteiger partial charge in [-0.1, -0.05) is 30.3 Å². The van der Waals surface area contributed by atoms with E-state index in [1.54, 1.807) is 6.08 Å². The van der Waals surface area contributed by atoms with Gasteiger partial charge in [-0.05, 0) is 24.0 Å². The highest BCUT2D eigenvalue weighted by atomic mass is 16.4. The standard InChI is InChI=1S/C15H17NO3/c1-2-7-16(10-14(17)18)15(19)13-8-11-5-3-4-6-12(11)9-13/h2-6,13H,1,7-10H2,(H,17,18). The van der Waals surface area contributed by atoms with Gasteiger partial charge in [-0.25, -0.2) is 0 Å². The van der Waals surface area contributed by atoms with E-state index in [9.17, 15) is 9.59 Å². The van der Waals surface area contributed by atoms with Crippen LogP contribution in [0.25, 0.3) is 0 Å². The Hall–Kier alpha value is -2.10. The lowest BCUT2D eigenvalue weighted by atomic mass is 10.0. The van der Waals surface area contributed by atoms with Crippen molar-refractivity contribution in [2.45, 2.75) is 12.8 Å². The molecule has 0 heterocycles. The van der Waals surface area contributed by atoms with Crippen molar-refractivity contribution >= 4 is 11.9 Å². The zero-order valence-corrected chi connectivity index (χ0v) is 10.7. The Bertz CT molecular complexity index is 485. The molecule has 1 aliphatic rings. The molecule has 4 heteroatoms. The van der Waals surface area contributed by atoms with Crippen LogP contribution in [0.15, 0.2) is 36.9 Å². The summed E-state index contributed by atoms with van der Waals surface area (Å²) in [5, 5.41) is 8.85. The molecule has 0 saturated heterocycles. The smallest absolute Gasteiger partial charge is 0.323 e. The number of amides is 1. The molecule has 4 nitrogen and oxygen atoms in total. The van der Waals surface area contributed by atoms with E-state index < -0.39 is 5.97 Å². The van der Waals surface area contributed by atoms with E-state index in [2.05, 4.69) is 6.58 Å². The zero-order chi connectivity index (χ0) is 13.8. The molecule has 0 aromatic heterocycles. The first-order valence-electron chi connectivity index (χ1n) is 6.30. The maximum absolute atomic E-state index is 12.4. The Morgan fingerprint density at radius 1 is 1.32 bits per heavy atom. The van der Waals surface area contributed by atoms with Crippen LogP contribution in [0.4, 0.5) is 0 Å². The van der Waals surface area contributed by atoms with E-state index >= 15 is 0 Å². The lowest BCUT2D eigenvalue weighted by Crippen LogP contribution is -2.40. The van der Waals surface area contributed by atoms with Gasteiger partial charge < -0.3 is 10.0 Å². The highest BCUT2D eigenvalue weighted by Gasteiger charge is 2.30. The first-order chi connectivity index (χ1) is 9.11. The van der Waals surface area contributed by atoms with Crippen LogP contribution in [0.2, 0.25) is 0 Å². The molecule has 100 valence electrons. The molecule has 1 aromatic rings. The number of hydrogen-bond donors (Lipinski definition) is 1. The molecule has 0 fully saturated rings. The fourth-order valence-electron chi connectivity index (χ4n) is 2.54. The molecule has 0 saturated carbocycles. The number of aliphatic carboxylic acids is 1. The third-order valence-corrected chi connectivity index (χ3v) is 3.39. The van der Waals surface area contributed by atoms with Gasteiger partial charge in [-0.15, -0.1) is 6.58 Å². The van der Waals surface area contributed by atoms with Crippen LogP contribution < -0.4 is 0 Å². The van der Waals surface area contributed by atoms with E-state index in [1.807, 2.05) is 24.3 Å². The van der Waals surface area contributed by atoms with Crippen molar-refractivity contribution in [2.75, 3.05) is 13.1 Å². The SMILES string of the molecule is C=CCN(CC(=O)O)C(=O)C1Cc2ccccc2C1. The Kier molecular flexibility index (Phi) is 4.00. The molecule has 0 atom stereocenters. The van der Waals surface area contributed by atoms with Crippen LogP contribution in [-0.4, -0.2) is 35.0 Å². The van der Waals surface area contributed by atoms with Crippen molar-refractivity contribution in [1.82, 2.24) is 4.90 Å². The normalized spacial score (nSPS) is 13.9. The average Bonchev–Trinajstić information content (AvgIpc) is 2.80. The number of hydrogen-bond acceptors (Lipinski definition) is 2. The van der Waals surface area contributed by atoms with Crippen LogP contribution in [-0.2, 0) is 22.4 Å². The minimum Gasteiger partial charge on any atom is -0.480 e. The van der Waals surface area contributed by atoms with Gasteiger partial charge >= 0.3 is 5.97 Å². The molecule has 0 unspecified atom stereocenters. The largest absolute Gasteiger partial charge is 0.480 e. The molecule has 0 spiro atoms. The molecule has 0 bridgehead atoms. The van der Waals surface area contributed by atoms with Crippen molar-refractivity contribution in [1.29, 1.82) is 0 Å². The molecule has 0 radical (unpaired) electrons. The molecule has 0 aliphatic heterocycles. The third kappa shape index (κ3) is 3.02. The Morgan fingerprint density at radius 3 is 2.37 bits per heavy atom. The van der Waals surface area contributed by atoms with Crippen LogP contribution >= 0.6 is 0 Å². The minimum absolute atomic E-state index is 0.0986. The third-order valence-electron chi connectivity index (χ3n) is 3.39. The van der Waals surface area contributed by atoms with E-state index in [0.29, 0.717) is 12.8 Å². The minimum atomic E-state index is -0.995. The molecule has 1 aromatic carbocycles. The molecular weight excluding hydrogens is 242 g/mol. The Morgan fingerprint density at radius 2 is 1.89 bits per heavy atom. The molecule has 2 rings (SSSR count). The first kappa shape index (κ1) is 13.3. The van der Waals surface area contributed by atoms with Crippen LogP contribution in [0.5, 0.6) is 0 Å². The second-order valence-corrected chi connectivity index (χ2v) is 4.78. The Balaban J connectivity index is 2.08. The highest BCUT2D eigenvalue weighted by Crippen LogP contribution is 2.27. The van der Waals surface area contributed by atoms with Crippen LogP contribution in [0, 0.1) is 5.92 Å². The van der Waals surface area contributed by atoms with Gasteiger partial charge in [0.1, 0.15) is 6.54 Å². The van der Waals surface area contributed by atoms with Crippen molar-refractivity contribution < 1.29 is 14.7 Å². The second-order valence-electron chi connectivity index (χ2n) is 4.78. The summed E-state index contributed by atoms with van der Waals surface area (Å²) in [6, 6.07) is 7.98. The summed E-state index contributed by atoms with van der Waals surface area (Å²) >= 11 is 0. The Labute approximate surface area is 112 Å². The topological polar surface area (TPSA) is 57.6 Å². The zero-order valence-electron chi connectivity index (χ0n) is 10.7. The molecule has 1 aliphatic carbocycles. The van der Waals surface area contributed by atoms with Gasteiger partial charge in [0.2, 0.25) is 5.91 Å². The summed E-state index contributed by atoms with van der Waals surface area (Å²) in [6.07, 6.45) is 2.95. The van der Waals surface area contributed by atoms with Crippen molar-refractivity contribution in [3.63, 3.8) is 0 Å². The molecule has 19 heavy (non-hydrogen) atoms. The van der Waals surface area contributed by atoms with Crippen molar-refractivity contribution in [2.24, 2.45) is 5.92 Å². The summed E-state index contributed by atoms with van der Waals surface area (Å²) in [4.78, 5) is 24.5. The molecule has 1 N–H and O–H groups in total. The number of benzene rings is 1. The highest BCUT2D eigenvalue weighted by molar-refractivity contribution is 5.84. The van der Waals surface area contributed by atoms with E-state index in [-0.39, 0.29) is 24.9 Å². The molecule has 1 amide bonds. The number of carbonyl (C=O) groups is 2. The number of carboxylic acids is 1. The number of carbonyl (C=O) groups excluding carboxylic acids is 1. The number of rotatable bonds is 5. The van der Waals surface area contributed by atoms with E-state index in [4.69, 9.17) is 5.11 Å². The van der Waals surface area contributed by atoms with Crippen LogP contribution in [0.1, 0.15) is 11.1 Å². The van der Waals surface area contributed by atoms with Gasteiger partial charge in [-0.2, -0.15) is 0 Å². The summed E-state index contributed by atoms with van der Waals surface area (Å²) < 4.78 is 0. The predicted molar refractivity (Wildman–Crippen MR) is 71.8 cm³/mol. The first-order valence-corrected chi connectivity index (χ1v) is 6.30. The summed E-state index contributed by atoms with van der Waals surface area (Å²) in [5.74, 6) is -1.24. The van der Waals surface area contributed by atoms with Gasteiger partial charge in [0.05, 0.1) is 0 Å². The van der Waals surface area contributed by atoms with Gasteiger partial charge in [0.15, 0.2) is 0 Å². The maximum atomic E-state index is 12.4. The van der Waals surface area contributed by atoms with Gasteiger partial charge in [0.25, 0.3) is 0 Å². The quantitative estimate of drug-likeness (QED) is 0.815. The fourth-order valence-corrected chi connectivity index (χ4v) is 2.54. The molecular formula is C15H17NO3. The van der Waals surface area contributed by atoms with E-state index in [0.717, 1.165) is 0 Å². The second kappa shape index (κ2) is 5.69. The number of carboxylic acid groups (broad SMARTS) is 1. The average molecular weight is 259 g/mol. The van der Waals surface area contributed by atoms with Crippen LogP contribution in [0.3, 0.4) is 0 Å². The van der Waals surface area contributed by atoms with E-state index in [1.165, 1.54) is 16.0 Å². The summed E-state index contributed by atoms with van der Waals surface area (Å²) in [5.41, 5.74) is 2.38. The lowest BCUT2D eigenvalue weighted by molar-refractivity contribution is -0.145. The number of fused-ring (bicyclic) bond motifs is 1. The van der Waals surface area contributed by atoms with Crippen molar-refractivity contribution in [3.05, 3.63) is 48.0 Å². The van der Waals surface area contributed by atoms with Gasteiger partial charge in [0, 0.05) is 12.5 Å². The lowest BCUT2D eigenvalue weighted by Gasteiger charge is -2.22. The predicted octanol–water partition coefficient (Wildman–Crippen LogP) is 1.50. The maximum Gasteiger partial charge on any atom is 0.323 e. The summed E-state index contributed by atoms with van der Waals surface area (Å²) in [6.45, 7) is 3.58.